The number of esters is 3. The maximum Gasteiger partial charge on any atom is 0.306 e. The van der Waals surface area contributed by atoms with Crippen LogP contribution < -0.4 is 0 Å². The summed E-state index contributed by atoms with van der Waals surface area (Å²) in [6, 6.07) is 0. The smallest absolute Gasteiger partial charge is 0.306 e. The molecule has 0 aliphatic rings. The highest BCUT2D eigenvalue weighted by Crippen LogP contribution is 2.18. The van der Waals surface area contributed by atoms with E-state index >= 15 is 0 Å². The van der Waals surface area contributed by atoms with E-state index in [-0.39, 0.29) is 31.1 Å². The summed E-state index contributed by atoms with van der Waals surface area (Å²) in [7, 11) is 0. The summed E-state index contributed by atoms with van der Waals surface area (Å²) in [6.07, 6.45) is 70.3. The van der Waals surface area contributed by atoms with Crippen LogP contribution in [0.1, 0.15) is 348 Å². The van der Waals surface area contributed by atoms with Gasteiger partial charge in [-0.15, -0.1) is 0 Å². The summed E-state index contributed by atoms with van der Waals surface area (Å²) in [5, 5.41) is 0. The van der Waals surface area contributed by atoms with Crippen LogP contribution in [0.15, 0.2) is 24.3 Å². The molecule has 0 N–H and O–H groups in total. The largest absolute Gasteiger partial charge is 0.462 e. The molecule has 0 heterocycles. The molecular formula is C64H120O6. The molecule has 1 unspecified atom stereocenters. The Labute approximate surface area is 436 Å². The summed E-state index contributed by atoms with van der Waals surface area (Å²) in [4.78, 5) is 38.3. The zero-order chi connectivity index (χ0) is 50.7. The second-order valence-corrected chi connectivity index (χ2v) is 21.3. The van der Waals surface area contributed by atoms with Crippen LogP contribution >= 0.6 is 0 Å². The Morgan fingerprint density at radius 3 is 0.814 bits per heavy atom. The van der Waals surface area contributed by atoms with Crippen molar-refractivity contribution < 1.29 is 28.6 Å². The predicted octanol–water partition coefficient (Wildman–Crippen LogP) is 21.1. The second-order valence-electron chi connectivity index (χ2n) is 21.3. The minimum Gasteiger partial charge on any atom is -0.462 e. The van der Waals surface area contributed by atoms with E-state index in [1.807, 2.05) is 0 Å². The number of allylic oxidation sites excluding steroid dienone is 4. The van der Waals surface area contributed by atoms with Gasteiger partial charge in [-0.25, -0.2) is 0 Å². The molecule has 6 nitrogen and oxygen atoms in total. The highest BCUT2D eigenvalue weighted by atomic mass is 16.6. The van der Waals surface area contributed by atoms with Crippen molar-refractivity contribution in [3.05, 3.63) is 24.3 Å². The first-order valence-electron chi connectivity index (χ1n) is 31.3. The van der Waals surface area contributed by atoms with Crippen molar-refractivity contribution in [3.63, 3.8) is 0 Å². The van der Waals surface area contributed by atoms with Crippen molar-refractivity contribution in [1.29, 1.82) is 0 Å². The van der Waals surface area contributed by atoms with Crippen molar-refractivity contribution in [1.82, 2.24) is 0 Å². The lowest BCUT2D eigenvalue weighted by Crippen LogP contribution is -2.30. The Bertz CT molecular complexity index is 1130. The predicted molar refractivity (Wildman–Crippen MR) is 303 cm³/mol. The van der Waals surface area contributed by atoms with Gasteiger partial charge in [0.2, 0.25) is 0 Å². The third kappa shape index (κ3) is 56.8. The number of hydrogen-bond acceptors (Lipinski definition) is 6. The van der Waals surface area contributed by atoms with Crippen molar-refractivity contribution in [3.8, 4) is 0 Å². The van der Waals surface area contributed by atoms with Gasteiger partial charge in [-0.3, -0.25) is 14.4 Å². The minimum absolute atomic E-state index is 0.0685. The molecule has 0 fully saturated rings. The van der Waals surface area contributed by atoms with Gasteiger partial charge in [-0.2, -0.15) is 0 Å². The van der Waals surface area contributed by atoms with E-state index in [0.717, 1.165) is 70.6 Å². The minimum atomic E-state index is -0.771. The molecular weight excluding hydrogens is 865 g/mol. The molecule has 0 aromatic rings. The lowest BCUT2D eigenvalue weighted by molar-refractivity contribution is -0.167. The Kier molecular flexibility index (Phi) is 57.7. The van der Waals surface area contributed by atoms with Gasteiger partial charge in [-0.05, 0) is 51.4 Å². The quantitative estimate of drug-likeness (QED) is 0.0261. The summed E-state index contributed by atoms with van der Waals surface area (Å²) >= 11 is 0. The van der Waals surface area contributed by atoms with Gasteiger partial charge in [0.1, 0.15) is 13.2 Å². The van der Waals surface area contributed by atoms with E-state index < -0.39 is 6.10 Å². The van der Waals surface area contributed by atoms with Crippen molar-refractivity contribution in [2.75, 3.05) is 13.2 Å². The van der Waals surface area contributed by atoms with Gasteiger partial charge >= 0.3 is 17.9 Å². The Balaban J connectivity index is 4.31. The van der Waals surface area contributed by atoms with Crippen LogP contribution in [0.2, 0.25) is 0 Å². The van der Waals surface area contributed by atoms with E-state index in [4.69, 9.17) is 14.2 Å². The lowest BCUT2D eigenvalue weighted by Gasteiger charge is -2.18. The van der Waals surface area contributed by atoms with Gasteiger partial charge < -0.3 is 14.2 Å². The van der Waals surface area contributed by atoms with Gasteiger partial charge in [0, 0.05) is 19.3 Å². The molecule has 0 bridgehead atoms. The molecule has 0 rings (SSSR count). The van der Waals surface area contributed by atoms with Gasteiger partial charge in [-0.1, -0.05) is 302 Å². The summed E-state index contributed by atoms with van der Waals surface area (Å²) in [6.45, 7) is 6.68. The van der Waals surface area contributed by atoms with Crippen LogP contribution in [-0.4, -0.2) is 37.2 Å². The third-order valence-electron chi connectivity index (χ3n) is 14.2. The van der Waals surface area contributed by atoms with E-state index in [9.17, 15) is 14.4 Å². The van der Waals surface area contributed by atoms with Crippen molar-refractivity contribution >= 4 is 17.9 Å². The molecule has 412 valence electrons. The molecule has 0 amide bonds. The normalized spacial score (nSPS) is 12.1. The molecule has 0 aliphatic carbocycles. The maximum absolute atomic E-state index is 12.9. The molecule has 0 aromatic heterocycles. The average Bonchev–Trinajstić information content (AvgIpc) is 3.36. The number of rotatable bonds is 58. The summed E-state index contributed by atoms with van der Waals surface area (Å²) in [5.74, 6) is -0.849. The zero-order valence-corrected chi connectivity index (χ0v) is 47.3. The zero-order valence-electron chi connectivity index (χ0n) is 47.3. The SMILES string of the molecule is CCCCC/C=C\C/C=C\CCCCCCCCCC(=O)OC(COC(=O)CCCCCCCCCCCCCCCCC)COC(=O)CCCCCCCCCCCCCCCCCCCCCC. The fourth-order valence-electron chi connectivity index (χ4n) is 9.48. The van der Waals surface area contributed by atoms with E-state index in [2.05, 4.69) is 45.1 Å². The fourth-order valence-corrected chi connectivity index (χ4v) is 9.48. The fraction of sp³-hybridized carbons (Fsp3) is 0.891. The van der Waals surface area contributed by atoms with E-state index in [0.29, 0.717) is 19.3 Å². The van der Waals surface area contributed by atoms with Crippen LogP contribution in [0.3, 0.4) is 0 Å². The molecule has 1 atom stereocenters. The first-order chi connectivity index (χ1) is 34.5. The average molecular weight is 986 g/mol. The third-order valence-corrected chi connectivity index (χ3v) is 14.2. The second kappa shape index (κ2) is 59.5. The van der Waals surface area contributed by atoms with E-state index in [1.165, 1.54) is 238 Å². The lowest BCUT2D eigenvalue weighted by atomic mass is 10.0. The highest BCUT2D eigenvalue weighted by Gasteiger charge is 2.19. The summed E-state index contributed by atoms with van der Waals surface area (Å²) < 4.78 is 16.9. The van der Waals surface area contributed by atoms with Crippen LogP contribution in [0.4, 0.5) is 0 Å². The molecule has 0 radical (unpaired) electrons. The molecule has 6 heteroatoms. The van der Waals surface area contributed by atoms with Crippen LogP contribution in [0, 0.1) is 0 Å². The monoisotopic (exact) mass is 985 g/mol. The van der Waals surface area contributed by atoms with Gasteiger partial charge in [0.05, 0.1) is 0 Å². The van der Waals surface area contributed by atoms with Crippen LogP contribution in [0.5, 0.6) is 0 Å². The molecule has 0 saturated heterocycles. The molecule has 0 aromatic carbocycles. The molecule has 0 saturated carbocycles. The highest BCUT2D eigenvalue weighted by molar-refractivity contribution is 5.71. The Morgan fingerprint density at radius 2 is 0.514 bits per heavy atom. The number of carbonyl (C=O) groups is 3. The number of hydrogen-bond donors (Lipinski definition) is 0. The molecule has 70 heavy (non-hydrogen) atoms. The van der Waals surface area contributed by atoms with Gasteiger partial charge in [0.25, 0.3) is 0 Å². The number of unbranched alkanes of at least 4 members (excludes halogenated alkanes) is 43. The van der Waals surface area contributed by atoms with Crippen molar-refractivity contribution in [2.24, 2.45) is 0 Å². The number of ether oxygens (including phenoxy) is 3. The topological polar surface area (TPSA) is 78.9 Å². The Hall–Kier alpha value is -2.11. The van der Waals surface area contributed by atoms with Crippen molar-refractivity contribution in [2.45, 2.75) is 354 Å². The summed E-state index contributed by atoms with van der Waals surface area (Å²) in [5.41, 5.74) is 0. The molecule has 0 spiro atoms. The Morgan fingerprint density at radius 1 is 0.286 bits per heavy atom. The van der Waals surface area contributed by atoms with E-state index in [1.54, 1.807) is 0 Å². The first-order valence-corrected chi connectivity index (χ1v) is 31.3. The first kappa shape index (κ1) is 67.9. The maximum atomic E-state index is 12.9. The van der Waals surface area contributed by atoms with Gasteiger partial charge in [0.15, 0.2) is 6.10 Å². The van der Waals surface area contributed by atoms with Crippen LogP contribution in [0.25, 0.3) is 0 Å². The molecule has 0 aliphatic heterocycles. The number of carbonyl (C=O) groups excluding carboxylic acids is 3. The van der Waals surface area contributed by atoms with Crippen LogP contribution in [-0.2, 0) is 28.6 Å². The standard InChI is InChI=1S/C64H120O6/c1-4-7-10-13-16-19-22-25-28-30-31-32-34-36-39-42-45-48-51-54-57-63(66)69-60-61(59-68-62(65)56-53-50-47-44-41-38-35-27-24-21-18-15-12-9-6-3)70-64(67)58-55-52-49-46-43-40-37-33-29-26-23-20-17-14-11-8-5-2/h17,20,26,29,61H,4-16,18-19,21-25,27-28,30-60H2,1-3H3/b20-17-,29-26-.